The Hall–Kier alpha value is -2.00. The second-order valence-corrected chi connectivity index (χ2v) is 8.67. The largest absolute Gasteiger partial charge is 0.469 e. The van der Waals surface area contributed by atoms with E-state index in [-0.39, 0.29) is 65.5 Å². The Morgan fingerprint density at radius 2 is 2.10 bits per heavy atom. The number of nitrogens with one attached hydrogen (secondary N) is 2. The fourth-order valence-electron chi connectivity index (χ4n) is 3.21. The highest BCUT2D eigenvalue weighted by molar-refractivity contribution is 14.0. The summed E-state index contributed by atoms with van der Waals surface area (Å²) in [6.07, 6.45) is 0. The van der Waals surface area contributed by atoms with Crippen molar-refractivity contribution in [3.63, 3.8) is 0 Å². The van der Waals surface area contributed by atoms with Crippen LogP contribution in [0.4, 0.5) is 5.69 Å². The number of guanidine groups is 1. The van der Waals surface area contributed by atoms with Crippen LogP contribution in [0.3, 0.4) is 0 Å². The van der Waals surface area contributed by atoms with Crippen LogP contribution in [0, 0.1) is 22.0 Å². The quantitative estimate of drug-likeness (QED) is 0.0905. The number of halogens is 1. The molecule has 1 aliphatic rings. The molecule has 11 nitrogen and oxygen atoms in total. The van der Waals surface area contributed by atoms with Crippen LogP contribution in [-0.4, -0.2) is 70.0 Å². The van der Waals surface area contributed by atoms with Crippen LogP contribution < -0.4 is 10.0 Å². The Balaban J connectivity index is 0.00000480. The predicted molar refractivity (Wildman–Crippen MR) is 126 cm³/mol. The van der Waals surface area contributed by atoms with Gasteiger partial charge in [0, 0.05) is 38.3 Å². The molecule has 1 aromatic rings. The van der Waals surface area contributed by atoms with E-state index in [1.807, 2.05) is 18.7 Å². The molecular weight excluding hydrogens is 541 g/mol. The summed E-state index contributed by atoms with van der Waals surface area (Å²) in [7, 11) is -2.53. The summed E-state index contributed by atoms with van der Waals surface area (Å²) in [5.41, 5.74) is -0.298. The number of nitro benzene ring substituents is 1. The van der Waals surface area contributed by atoms with E-state index < -0.39 is 14.9 Å². The number of hydrogen-bond donors (Lipinski definition) is 2. The van der Waals surface area contributed by atoms with Crippen molar-refractivity contribution in [2.24, 2.45) is 16.8 Å². The number of sulfonamides is 1. The molecule has 2 rings (SSSR count). The molecule has 0 saturated carbocycles. The van der Waals surface area contributed by atoms with E-state index in [1.54, 1.807) is 0 Å². The first kappa shape index (κ1) is 27.0. The third kappa shape index (κ3) is 7.28. The SMILES string of the molecule is CCNC(=NCCNS(=O)(=O)c1cccc([N+](=O)[O-])c1)N1CC(C)C(C(=O)OC)C1.I. The summed E-state index contributed by atoms with van der Waals surface area (Å²) < 4.78 is 32.0. The number of aliphatic imine (C=N–C) groups is 1. The van der Waals surface area contributed by atoms with Gasteiger partial charge in [0.05, 0.1) is 29.4 Å². The molecule has 1 heterocycles. The summed E-state index contributed by atoms with van der Waals surface area (Å²) in [4.78, 5) is 28.3. The minimum atomic E-state index is -3.90. The van der Waals surface area contributed by atoms with E-state index in [0.29, 0.717) is 25.6 Å². The molecule has 2 unspecified atom stereocenters. The van der Waals surface area contributed by atoms with Gasteiger partial charge in [-0.15, -0.1) is 24.0 Å². The second-order valence-electron chi connectivity index (χ2n) is 6.90. The molecule has 31 heavy (non-hydrogen) atoms. The Morgan fingerprint density at radius 3 is 2.71 bits per heavy atom. The number of methoxy groups -OCH3 is 1. The second kappa shape index (κ2) is 12.1. The first-order chi connectivity index (χ1) is 14.2. The van der Waals surface area contributed by atoms with E-state index in [9.17, 15) is 23.3 Å². The van der Waals surface area contributed by atoms with Gasteiger partial charge in [-0.3, -0.25) is 19.9 Å². The van der Waals surface area contributed by atoms with Gasteiger partial charge < -0.3 is 15.0 Å². The van der Waals surface area contributed by atoms with Gasteiger partial charge in [-0.1, -0.05) is 13.0 Å². The molecule has 13 heteroatoms. The van der Waals surface area contributed by atoms with E-state index in [2.05, 4.69) is 15.0 Å². The van der Waals surface area contributed by atoms with Crippen molar-refractivity contribution in [1.29, 1.82) is 0 Å². The Morgan fingerprint density at radius 1 is 1.39 bits per heavy atom. The van der Waals surface area contributed by atoms with E-state index in [1.165, 1.54) is 25.3 Å². The molecule has 0 bridgehead atoms. The fourth-order valence-corrected chi connectivity index (χ4v) is 4.27. The predicted octanol–water partition coefficient (Wildman–Crippen LogP) is 1.20. The highest BCUT2D eigenvalue weighted by atomic mass is 127. The number of non-ortho nitro benzene ring substituents is 1. The molecule has 2 N–H and O–H groups in total. The van der Waals surface area contributed by atoms with Gasteiger partial charge in [-0.05, 0) is 18.9 Å². The Bertz CT molecular complexity index is 910. The number of nitro groups is 1. The van der Waals surface area contributed by atoms with Gasteiger partial charge in [0.15, 0.2) is 5.96 Å². The van der Waals surface area contributed by atoms with Gasteiger partial charge in [-0.25, -0.2) is 13.1 Å². The lowest BCUT2D eigenvalue weighted by Gasteiger charge is -2.21. The van der Waals surface area contributed by atoms with Crippen molar-refractivity contribution in [2.75, 3.05) is 39.8 Å². The number of carbonyl (C=O) groups is 1. The molecular formula is C18H28IN5O6S. The van der Waals surface area contributed by atoms with Gasteiger partial charge in [0.1, 0.15) is 0 Å². The molecule has 1 aliphatic heterocycles. The van der Waals surface area contributed by atoms with Crippen LogP contribution in [-0.2, 0) is 19.6 Å². The lowest BCUT2D eigenvalue weighted by molar-refractivity contribution is -0.385. The van der Waals surface area contributed by atoms with Crippen molar-refractivity contribution in [3.05, 3.63) is 34.4 Å². The monoisotopic (exact) mass is 569 g/mol. The zero-order valence-corrected chi connectivity index (χ0v) is 20.8. The van der Waals surface area contributed by atoms with Crippen molar-refractivity contribution < 1.29 is 22.9 Å². The van der Waals surface area contributed by atoms with Crippen molar-refractivity contribution in [1.82, 2.24) is 14.9 Å². The summed E-state index contributed by atoms with van der Waals surface area (Å²) in [6.45, 7) is 5.78. The summed E-state index contributed by atoms with van der Waals surface area (Å²) >= 11 is 0. The van der Waals surface area contributed by atoms with Gasteiger partial charge in [-0.2, -0.15) is 0 Å². The molecule has 1 aromatic carbocycles. The van der Waals surface area contributed by atoms with Crippen LogP contribution in [0.5, 0.6) is 0 Å². The van der Waals surface area contributed by atoms with Crippen molar-refractivity contribution in [3.8, 4) is 0 Å². The molecule has 0 aliphatic carbocycles. The Labute approximate surface area is 198 Å². The molecule has 0 radical (unpaired) electrons. The molecule has 0 amide bonds. The van der Waals surface area contributed by atoms with E-state index in [4.69, 9.17) is 4.74 Å². The van der Waals surface area contributed by atoms with Gasteiger partial charge in [0.2, 0.25) is 10.0 Å². The summed E-state index contributed by atoms with van der Waals surface area (Å²) in [5.74, 6) is 0.191. The fraction of sp³-hybridized carbons (Fsp3) is 0.556. The topological polar surface area (TPSA) is 143 Å². The third-order valence-corrected chi connectivity index (χ3v) is 6.21. The molecule has 2 atom stereocenters. The molecule has 1 fully saturated rings. The highest BCUT2D eigenvalue weighted by Gasteiger charge is 2.36. The lowest BCUT2D eigenvalue weighted by Crippen LogP contribution is -2.41. The van der Waals surface area contributed by atoms with Crippen LogP contribution in [0.15, 0.2) is 34.2 Å². The Kier molecular flexibility index (Phi) is 10.6. The summed E-state index contributed by atoms with van der Waals surface area (Å²) in [5, 5.41) is 14.0. The zero-order valence-electron chi connectivity index (χ0n) is 17.6. The number of ether oxygens (including phenoxy) is 1. The number of rotatable bonds is 8. The number of esters is 1. The van der Waals surface area contributed by atoms with E-state index >= 15 is 0 Å². The van der Waals surface area contributed by atoms with Gasteiger partial charge in [0.25, 0.3) is 5.69 Å². The third-order valence-electron chi connectivity index (χ3n) is 4.75. The lowest BCUT2D eigenvalue weighted by atomic mass is 9.99. The minimum absolute atomic E-state index is 0. The standard InChI is InChI=1S/C18H27N5O6S.HI/c1-4-19-18(22-11-13(2)16(12-22)17(24)29-3)20-8-9-21-30(27,28)15-7-5-6-14(10-15)23(25)26;/h5-7,10,13,16,21H,4,8-9,11-12H2,1-3H3,(H,19,20);1H. The van der Waals surface area contributed by atoms with Crippen LogP contribution >= 0.6 is 24.0 Å². The maximum absolute atomic E-state index is 12.4. The average molecular weight is 569 g/mol. The first-order valence-corrected chi connectivity index (χ1v) is 11.0. The normalized spacial score (nSPS) is 18.9. The van der Waals surface area contributed by atoms with Crippen LogP contribution in [0.25, 0.3) is 0 Å². The number of hydrogen-bond acceptors (Lipinski definition) is 7. The first-order valence-electron chi connectivity index (χ1n) is 9.54. The van der Waals surface area contributed by atoms with Crippen LogP contribution in [0.1, 0.15) is 13.8 Å². The van der Waals surface area contributed by atoms with Gasteiger partial charge >= 0.3 is 5.97 Å². The number of carbonyl (C=O) groups excluding carboxylic acids is 1. The maximum Gasteiger partial charge on any atom is 0.310 e. The van der Waals surface area contributed by atoms with Crippen molar-refractivity contribution >= 4 is 51.6 Å². The number of nitrogens with zero attached hydrogens (tertiary/aromatic N) is 3. The smallest absolute Gasteiger partial charge is 0.310 e. The summed E-state index contributed by atoms with van der Waals surface area (Å²) in [6, 6.07) is 4.85. The molecule has 1 saturated heterocycles. The molecule has 174 valence electrons. The van der Waals surface area contributed by atoms with Crippen LogP contribution in [0.2, 0.25) is 0 Å². The average Bonchev–Trinajstić information content (AvgIpc) is 3.11. The minimum Gasteiger partial charge on any atom is -0.469 e. The van der Waals surface area contributed by atoms with E-state index in [0.717, 1.165) is 6.07 Å². The number of likely N-dealkylation sites (tertiary alicyclic amines) is 1. The number of benzene rings is 1. The zero-order chi connectivity index (χ0) is 22.3. The van der Waals surface area contributed by atoms with Crippen molar-refractivity contribution in [2.45, 2.75) is 18.7 Å². The molecule has 0 spiro atoms. The molecule has 0 aromatic heterocycles. The maximum atomic E-state index is 12.4. The highest BCUT2D eigenvalue weighted by Crippen LogP contribution is 2.24.